The number of methoxy groups -OCH3 is 1. The Hall–Kier alpha value is -0.610. The summed E-state index contributed by atoms with van der Waals surface area (Å²) in [6.07, 6.45) is 2.13. The summed E-state index contributed by atoms with van der Waals surface area (Å²) >= 11 is 0. The number of hydrogen-bond donors (Lipinski definition) is 2. The van der Waals surface area contributed by atoms with Crippen LogP contribution in [0.15, 0.2) is 0 Å². The second-order valence-electron chi connectivity index (χ2n) is 6.29. The van der Waals surface area contributed by atoms with Crippen LogP contribution >= 0.6 is 0 Å². The van der Waals surface area contributed by atoms with Crippen LogP contribution in [0.2, 0.25) is 0 Å². The first-order valence-corrected chi connectivity index (χ1v) is 6.44. The van der Waals surface area contributed by atoms with Crippen molar-refractivity contribution in [1.29, 1.82) is 0 Å². The maximum Gasteiger partial charge on any atom is 0.227 e. The Morgan fingerprint density at radius 1 is 1.41 bits per heavy atom. The molecule has 0 bridgehead atoms. The van der Waals surface area contributed by atoms with E-state index < -0.39 is 0 Å². The number of ether oxygens (including phenoxy) is 1. The monoisotopic (exact) mass is 240 g/mol. The molecule has 1 aliphatic carbocycles. The fourth-order valence-corrected chi connectivity index (χ4v) is 2.87. The molecule has 2 rings (SSSR count). The lowest BCUT2D eigenvalue weighted by molar-refractivity contribution is -0.140. The van der Waals surface area contributed by atoms with E-state index in [1.165, 1.54) is 0 Å². The zero-order valence-corrected chi connectivity index (χ0v) is 11.3. The van der Waals surface area contributed by atoms with Crippen LogP contribution in [0.25, 0.3) is 0 Å². The van der Waals surface area contributed by atoms with Gasteiger partial charge in [-0.1, -0.05) is 13.8 Å². The van der Waals surface area contributed by atoms with E-state index in [1.54, 1.807) is 7.11 Å². The molecule has 3 unspecified atom stereocenters. The summed E-state index contributed by atoms with van der Waals surface area (Å²) < 4.78 is 5.40. The summed E-state index contributed by atoms with van der Waals surface area (Å²) in [5, 5.41) is 6.45. The largest absolute Gasteiger partial charge is 0.381 e. The van der Waals surface area contributed by atoms with Crippen molar-refractivity contribution in [3.05, 3.63) is 0 Å². The average Bonchev–Trinajstić information content (AvgIpc) is 2.71. The summed E-state index contributed by atoms with van der Waals surface area (Å²) in [6.45, 7) is 8.09. The predicted molar refractivity (Wildman–Crippen MR) is 66.7 cm³/mol. The number of nitrogens with one attached hydrogen (secondary N) is 2. The minimum Gasteiger partial charge on any atom is -0.381 e. The van der Waals surface area contributed by atoms with Crippen molar-refractivity contribution in [3.8, 4) is 0 Å². The summed E-state index contributed by atoms with van der Waals surface area (Å²) in [6, 6.07) is 0.248. The third-order valence-corrected chi connectivity index (χ3v) is 4.68. The third kappa shape index (κ3) is 2.08. The number of amides is 1. The highest BCUT2D eigenvalue weighted by Crippen LogP contribution is 2.43. The molecule has 2 fully saturated rings. The molecule has 1 saturated heterocycles. The summed E-state index contributed by atoms with van der Waals surface area (Å²) in [7, 11) is 1.74. The fraction of sp³-hybridized carbons (Fsp3) is 0.923. The molecular formula is C13H24N2O2. The average molecular weight is 240 g/mol. The van der Waals surface area contributed by atoms with Crippen LogP contribution in [0.1, 0.15) is 33.6 Å². The van der Waals surface area contributed by atoms with Crippen molar-refractivity contribution in [3.63, 3.8) is 0 Å². The molecule has 1 heterocycles. The molecule has 2 aliphatic rings. The SMILES string of the molecule is COC1CC(NC(=O)C2(C)CCNC2)C1(C)C. The molecular weight excluding hydrogens is 216 g/mol. The Morgan fingerprint density at radius 2 is 2.12 bits per heavy atom. The Morgan fingerprint density at radius 3 is 2.59 bits per heavy atom. The first-order chi connectivity index (χ1) is 7.90. The van der Waals surface area contributed by atoms with Gasteiger partial charge in [0, 0.05) is 25.1 Å². The van der Waals surface area contributed by atoms with Crippen molar-refractivity contribution >= 4 is 5.91 Å². The third-order valence-electron chi connectivity index (χ3n) is 4.68. The van der Waals surface area contributed by atoms with E-state index in [4.69, 9.17) is 4.74 Å². The molecule has 1 saturated carbocycles. The molecule has 0 radical (unpaired) electrons. The van der Waals surface area contributed by atoms with E-state index in [1.807, 2.05) is 6.92 Å². The highest BCUT2D eigenvalue weighted by molar-refractivity contribution is 5.83. The summed E-state index contributed by atoms with van der Waals surface area (Å²) in [5.41, 5.74) is -0.180. The van der Waals surface area contributed by atoms with Gasteiger partial charge in [-0.3, -0.25) is 4.79 Å². The van der Waals surface area contributed by atoms with Crippen molar-refractivity contribution < 1.29 is 9.53 Å². The minimum atomic E-state index is -0.228. The highest BCUT2D eigenvalue weighted by atomic mass is 16.5. The number of carbonyl (C=O) groups is 1. The lowest BCUT2D eigenvalue weighted by atomic mass is 9.64. The Bertz CT molecular complexity index is 309. The van der Waals surface area contributed by atoms with E-state index in [-0.39, 0.29) is 28.9 Å². The summed E-state index contributed by atoms with van der Waals surface area (Å²) in [5.74, 6) is 0.190. The zero-order valence-electron chi connectivity index (χ0n) is 11.3. The van der Waals surface area contributed by atoms with Crippen LogP contribution in [-0.2, 0) is 9.53 Å². The minimum absolute atomic E-state index is 0.0484. The molecule has 0 aromatic carbocycles. The second kappa shape index (κ2) is 4.25. The van der Waals surface area contributed by atoms with E-state index in [2.05, 4.69) is 24.5 Å². The molecule has 0 spiro atoms. The highest BCUT2D eigenvalue weighted by Gasteiger charge is 2.50. The van der Waals surface area contributed by atoms with E-state index in [9.17, 15) is 4.79 Å². The molecule has 2 N–H and O–H groups in total. The van der Waals surface area contributed by atoms with Gasteiger partial charge in [-0.15, -0.1) is 0 Å². The van der Waals surface area contributed by atoms with Crippen molar-refractivity contribution in [2.75, 3.05) is 20.2 Å². The van der Waals surface area contributed by atoms with Crippen LogP contribution in [-0.4, -0.2) is 38.3 Å². The van der Waals surface area contributed by atoms with Gasteiger partial charge in [-0.25, -0.2) is 0 Å². The molecule has 4 nitrogen and oxygen atoms in total. The maximum absolute atomic E-state index is 12.3. The predicted octanol–water partition coefficient (Wildman–Crippen LogP) is 0.916. The summed E-state index contributed by atoms with van der Waals surface area (Å²) in [4.78, 5) is 12.3. The quantitative estimate of drug-likeness (QED) is 0.771. The lowest BCUT2D eigenvalue weighted by Gasteiger charge is -2.51. The Balaban J connectivity index is 1.92. The van der Waals surface area contributed by atoms with Gasteiger partial charge < -0.3 is 15.4 Å². The molecule has 0 aromatic heterocycles. The van der Waals surface area contributed by atoms with Crippen LogP contribution in [0.5, 0.6) is 0 Å². The van der Waals surface area contributed by atoms with Gasteiger partial charge in [0.1, 0.15) is 0 Å². The second-order valence-corrected chi connectivity index (χ2v) is 6.29. The fourth-order valence-electron chi connectivity index (χ4n) is 2.87. The molecule has 1 amide bonds. The first kappa shape index (κ1) is 12.8. The van der Waals surface area contributed by atoms with E-state index in [0.717, 1.165) is 25.9 Å². The number of carbonyl (C=O) groups excluding carboxylic acids is 1. The van der Waals surface area contributed by atoms with Gasteiger partial charge in [0.15, 0.2) is 0 Å². The van der Waals surface area contributed by atoms with Crippen LogP contribution in [0, 0.1) is 10.8 Å². The zero-order chi connectivity index (χ0) is 12.7. The molecule has 4 heteroatoms. The Kier molecular flexibility index (Phi) is 3.21. The number of hydrogen-bond acceptors (Lipinski definition) is 3. The van der Waals surface area contributed by atoms with E-state index in [0.29, 0.717) is 0 Å². The van der Waals surface area contributed by atoms with Crippen LogP contribution in [0.3, 0.4) is 0 Å². The normalized spacial score (nSPS) is 39.8. The molecule has 3 atom stereocenters. The van der Waals surface area contributed by atoms with Gasteiger partial charge in [-0.05, 0) is 26.3 Å². The van der Waals surface area contributed by atoms with Crippen molar-refractivity contribution in [1.82, 2.24) is 10.6 Å². The first-order valence-electron chi connectivity index (χ1n) is 6.44. The standard InChI is InChI=1S/C13H24N2O2/c1-12(2)9(7-10(12)17-4)15-11(16)13(3)5-6-14-8-13/h9-10,14H,5-8H2,1-4H3,(H,15,16). The van der Waals surface area contributed by atoms with Crippen molar-refractivity contribution in [2.45, 2.75) is 45.8 Å². The van der Waals surface area contributed by atoms with Gasteiger partial charge in [-0.2, -0.15) is 0 Å². The van der Waals surface area contributed by atoms with Gasteiger partial charge in [0.05, 0.1) is 11.5 Å². The van der Waals surface area contributed by atoms with Crippen molar-refractivity contribution in [2.24, 2.45) is 10.8 Å². The molecule has 1 aliphatic heterocycles. The van der Waals surface area contributed by atoms with Gasteiger partial charge in [0.2, 0.25) is 5.91 Å². The van der Waals surface area contributed by atoms with Crippen LogP contribution in [0.4, 0.5) is 0 Å². The van der Waals surface area contributed by atoms with Crippen LogP contribution < -0.4 is 10.6 Å². The maximum atomic E-state index is 12.3. The molecule has 98 valence electrons. The smallest absolute Gasteiger partial charge is 0.227 e. The topological polar surface area (TPSA) is 50.4 Å². The lowest BCUT2D eigenvalue weighted by Crippen LogP contribution is -2.63. The molecule has 17 heavy (non-hydrogen) atoms. The van der Waals surface area contributed by atoms with Gasteiger partial charge in [0.25, 0.3) is 0 Å². The molecule has 0 aromatic rings. The van der Waals surface area contributed by atoms with E-state index >= 15 is 0 Å². The van der Waals surface area contributed by atoms with Gasteiger partial charge >= 0.3 is 0 Å². The Labute approximate surface area is 103 Å². The number of rotatable bonds is 3.